The molecule has 2 aromatic carbocycles. The van der Waals surface area contributed by atoms with Crippen LogP contribution in [0.25, 0.3) is 0 Å². The van der Waals surface area contributed by atoms with Crippen molar-refractivity contribution < 1.29 is 27.1 Å². The summed E-state index contributed by atoms with van der Waals surface area (Å²) in [6.45, 7) is 6.81. The summed E-state index contributed by atoms with van der Waals surface area (Å²) in [6, 6.07) is 9.95. The van der Waals surface area contributed by atoms with E-state index in [1.807, 2.05) is 13.8 Å². The largest absolute Gasteiger partial charge is 0.495 e. The van der Waals surface area contributed by atoms with E-state index < -0.39 is 40.2 Å². The summed E-state index contributed by atoms with van der Waals surface area (Å²) >= 11 is 0. The van der Waals surface area contributed by atoms with Crippen LogP contribution in [-0.2, 0) is 26.2 Å². The fraction of sp³-hybridized carbons (Fsp3) is 0.440. The summed E-state index contributed by atoms with van der Waals surface area (Å²) in [5.41, 5.74) is 1.18. The molecule has 1 N–H and O–H groups in total. The second kappa shape index (κ2) is 12.0. The van der Waals surface area contributed by atoms with Gasteiger partial charge in [0.15, 0.2) is 0 Å². The summed E-state index contributed by atoms with van der Waals surface area (Å²) in [4.78, 5) is 27.5. The summed E-state index contributed by atoms with van der Waals surface area (Å²) in [6.07, 6.45) is 0.988. The van der Waals surface area contributed by atoms with Gasteiger partial charge in [0.2, 0.25) is 21.8 Å². The number of nitrogens with one attached hydrogen (secondary N) is 1. The number of benzene rings is 2. The van der Waals surface area contributed by atoms with Gasteiger partial charge in [-0.25, -0.2) is 12.8 Å². The molecule has 0 heterocycles. The average molecular weight is 508 g/mol. The Labute approximate surface area is 207 Å². The highest BCUT2D eigenvalue weighted by molar-refractivity contribution is 7.92. The minimum absolute atomic E-state index is 0.191. The highest BCUT2D eigenvalue weighted by atomic mass is 32.2. The molecule has 0 saturated carbocycles. The van der Waals surface area contributed by atoms with Gasteiger partial charge in [-0.2, -0.15) is 0 Å². The Kier molecular flexibility index (Phi) is 9.64. The molecule has 2 rings (SSSR count). The van der Waals surface area contributed by atoms with E-state index in [0.717, 1.165) is 16.1 Å². The minimum atomic E-state index is -3.91. The minimum Gasteiger partial charge on any atom is -0.495 e. The Morgan fingerprint density at radius 2 is 1.77 bits per heavy atom. The van der Waals surface area contributed by atoms with Gasteiger partial charge in [-0.15, -0.1) is 0 Å². The normalized spacial score (nSPS) is 12.2. The van der Waals surface area contributed by atoms with Crippen molar-refractivity contribution in [1.82, 2.24) is 10.2 Å². The first-order valence-corrected chi connectivity index (χ1v) is 13.1. The van der Waals surface area contributed by atoms with Crippen molar-refractivity contribution in [2.24, 2.45) is 5.92 Å². The number of carbonyl (C=O) groups is 2. The molecule has 1 atom stereocenters. The molecule has 0 aliphatic carbocycles. The lowest BCUT2D eigenvalue weighted by molar-refractivity contribution is -0.139. The zero-order chi connectivity index (χ0) is 26.3. The predicted molar refractivity (Wildman–Crippen MR) is 134 cm³/mol. The van der Waals surface area contributed by atoms with Crippen LogP contribution in [0.4, 0.5) is 10.1 Å². The molecule has 0 aliphatic rings. The number of aryl methyl sites for hydroxylation is 1. The SMILES string of the molecule is COc1ccc(C)cc1N(CC(=O)N(Cc1ccccc1F)[C@@H](C)C(=O)NCC(C)C)S(C)(=O)=O. The molecule has 0 spiro atoms. The van der Waals surface area contributed by atoms with E-state index in [4.69, 9.17) is 4.74 Å². The molecule has 35 heavy (non-hydrogen) atoms. The molecule has 2 aromatic rings. The lowest BCUT2D eigenvalue weighted by Crippen LogP contribution is -2.51. The third-order valence-electron chi connectivity index (χ3n) is 5.43. The Hall–Kier alpha value is -3.14. The molecular formula is C25H34FN3O5S. The smallest absolute Gasteiger partial charge is 0.244 e. The number of hydrogen-bond acceptors (Lipinski definition) is 5. The summed E-state index contributed by atoms with van der Waals surface area (Å²) in [5, 5.41) is 2.78. The average Bonchev–Trinajstić information content (AvgIpc) is 2.79. The molecule has 192 valence electrons. The number of amides is 2. The second-order valence-corrected chi connectivity index (χ2v) is 10.8. The van der Waals surface area contributed by atoms with Crippen LogP contribution in [0.3, 0.4) is 0 Å². The van der Waals surface area contributed by atoms with Crippen LogP contribution in [0.1, 0.15) is 31.9 Å². The molecule has 0 aliphatic heterocycles. The lowest BCUT2D eigenvalue weighted by atomic mass is 10.1. The van der Waals surface area contributed by atoms with Crippen molar-refractivity contribution in [3.05, 3.63) is 59.4 Å². The molecule has 0 saturated heterocycles. The van der Waals surface area contributed by atoms with E-state index in [1.54, 1.807) is 31.2 Å². The number of methoxy groups -OCH3 is 1. The molecule has 0 bridgehead atoms. The highest BCUT2D eigenvalue weighted by Gasteiger charge is 2.31. The number of hydrogen-bond donors (Lipinski definition) is 1. The van der Waals surface area contributed by atoms with Gasteiger partial charge < -0.3 is 15.0 Å². The van der Waals surface area contributed by atoms with Crippen molar-refractivity contribution in [2.45, 2.75) is 40.3 Å². The second-order valence-electron chi connectivity index (χ2n) is 8.87. The standard InChI is InChI=1S/C25H34FN3O5S/c1-17(2)14-27-25(31)19(4)28(15-20-9-7-8-10-21(20)26)24(30)16-29(35(6,32)33)22-13-18(3)11-12-23(22)34-5/h7-13,17,19H,14-16H2,1-6H3,(H,27,31)/t19-/m0/s1. The Morgan fingerprint density at radius 3 is 2.34 bits per heavy atom. The van der Waals surface area contributed by atoms with Crippen LogP contribution >= 0.6 is 0 Å². The first-order valence-electron chi connectivity index (χ1n) is 11.3. The molecule has 0 aromatic heterocycles. The summed E-state index contributed by atoms with van der Waals surface area (Å²) < 4.78 is 46.1. The van der Waals surface area contributed by atoms with E-state index in [0.29, 0.717) is 6.54 Å². The van der Waals surface area contributed by atoms with Crippen LogP contribution < -0.4 is 14.4 Å². The fourth-order valence-corrected chi connectivity index (χ4v) is 4.28. The third-order valence-corrected chi connectivity index (χ3v) is 6.56. The first kappa shape index (κ1) is 28.1. The number of sulfonamides is 1. The monoisotopic (exact) mass is 507 g/mol. The van der Waals surface area contributed by atoms with Gasteiger partial charge in [-0.1, -0.05) is 38.1 Å². The quantitative estimate of drug-likeness (QED) is 0.504. The van der Waals surface area contributed by atoms with Gasteiger partial charge in [-0.05, 0) is 43.5 Å². The van der Waals surface area contributed by atoms with Gasteiger partial charge in [-0.3, -0.25) is 13.9 Å². The Balaban J connectivity index is 2.45. The predicted octanol–water partition coefficient (Wildman–Crippen LogP) is 3.10. The highest BCUT2D eigenvalue weighted by Crippen LogP contribution is 2.31. The van der Waals surface area contributed by atoms with Gasteiger partial charge >= 0.3 is 0 Å². The van der Waals surface area contributed by atoms with Crippen LogP contribution in [0, 0.1) is 18.7 Å². The van der Waals surface area contributed by atoms with Gasteiger partial charge in [0.1, 0.15) is 24.2 Å². The van der Waals surface area contributed by atoms with Crippen molar-refractivity contribution in [2.75, 3.05) is 30.8 Å². The topological polar surface area (TPSA) is 96.0 Å². The van der Waals surface area contributed by atoms with Gasteiger partial charge in [0, 0.05) is 18.7 Å². The molecule has 2 amide bonds. The van der Waals surface area contributed by atoms with E-state index in [1.165, 1.54) is 37.1 Å². The number of ether oxygens (including phenoxy) is 1. The van der Waals surface area contributed by atoms with Crippen LogP contribution in [-0.4, -0.2) is 57.6 Å². The maximum absolute atomic E-state index is 14.4. The number of halogens is 1. The van der Waals surface area contributed by atoms with Gasteiger partial charge in [0.05, 0.1) is 19.1 Å². The Bertz CT molecular complexity index is 1150. The van der Waals surface area contributed by atoms with E-state index in [2.05, 4.69) is 5.32 Å². The maximum atomic E-state index is 14.4. The van der Waals surface area contributed by atoms with Crippen LogP contribution in [0.2, 0.25) is 0 Å². The zero-order valence-corrected chi connectivity index (χ0v) is 21.9. The van der Waals surface area contributed by atoms with Crippen molar-refractivity contribution in [1.29, 1.82) is 0 Å². The van der Waals surface area contributed by atoms with E-state index in [-0.39, 0.29) is 29.5 Å². The van der Waals surface area contributed by atoms with Crippen molar-refractivity contribution in [3.63, 3.8) is 0 Å². The molecule has 8 nitrogen and oxygen atoms in total. The Morgan fingerprint density at radius 1 is 1.11 bits per heavy atom. The zero-order valence-electron chi connectivity index (χ0n) is 21.0. The molecule has 0 radical (unpaired) electrons. The lowest BCUT2D eigenvalue weighted by Gasteiger charge is -2.32. The number of nitrogens with zero attached hydrogens (tertiary/aromatic N) is 2. The number of carbonyl (C=O) groups excluding carboxylic acids is 2. The number of rotatable bonds is 11. The molecule has 10 heteroatoms. The first-order chi connectivity index (χ1) is 16.3. The van der Waals surface area contributed by atoms with Crippen molar-refractivity contribution >= 4 is 27.5 Å². The molecular weight excluding hydrogens is 473 g/mol. The maximum Gasteiger partial charge on any atom is 0.244 e. The third kappa shape index (κ3) is 7.68. The van der Waals surface area contributed by atoms with Gasteiger partial charge in [0.25, 0.3) is 0 Å². The van der Waals surface area contributed by atoms with E-state index >= 15 is 0 Å². The van der Waals surface area contributed by atoms with Crippen molar-refractivity contribution in [3.8, 4) is 5.75 Å². The molecule has 0 fully saturated rings. The van der Waals surface area contributed by atoms with Crippen LogP contribution in [0.5, 0.6) is 5.75 Å². The fourth-order valence-electron chi connectivity index (χ4n) is 3.43. The summed E-state index contributed by atoms with van der Waals surface area (Å²) in [7, 11) is -2.51. The number of anilines is 1. The van der Waals surface area contributed by atoms with E-state index in [9.17, 15) is 22.4 Å². The molecule has 0 unspecified atom stereocenters. The summed E-state index contributed by atoms with van der Waals surface area (Å²) in [5.74, 6) is -1.13. The van der Waals surface area contributed by atoms with Crippen LogP contribution in [0.15, 0.2) is 42.5 Å².